The zero-order valence-electron chi connectivity index (χ0n) is 12.8. The molecule has 102 valence electrons. The summed E-state index contributed by atoms with van der Waals surface area (Å²) in [4.78, 5) is 11.0. The summed E-state index contributed by atoms with van der Waals surface area (Å²) in [6, 6.07) is 0. The largest absolute Gasteiger partial charge is 0.413 e. The van der Waals surface area contributed by atoms with Crippen molar-refractivity contribution in [1.29, 1.82) is 0 Å². The number of carbonyl (C=O) groups is 1. The number of aldehydes is 1. The molecule has 3 atom stereocenters. The maximum Gasteiger partial charge on any atom is 0.192 e. The average molecular weight is 258 g/mol. The van der Waals surface area contributed by atoms with E-state index in [4.69, 9.17) is 4.43 Å². The molecule has 0 unspecified atom stereocenters. The molecule has 0 fully saturated rings. The molecule has 0 aliphatic carbocycles. The Morgan fingerprint density at radius 3 is 2.00 bits per heavy atom. The molecule has 0 N–H and O–H groups in total. The molecule has 0 radical (unpaired) electrons. The van der Waals surface area contributed by atoms with E-state index in [0.717, 1.165) is 12.7 Å². The van der Waals surface area contributed by atoms with Crippen LogP contribution in [0.1, 0.15) is 48.0 Å². The van der Waals surface area contributed by atoms with Crippen molar-refractivity contribution < 1.29 is 9.22 Å². The first-order valence-electron chi connectivity index (χ1n) is 6.70. The number of carbonyl (C=O) groups excluding carboxylic acids is 1. The molecule has 0 amide bonds. The van der Waals surface area contributed by atoms with Gasteiger partial charge in [0.1, 0.15) is 6.29 Å². The number of hydrogen-bond donors (Lipinski definition) is 0. The van der Waals surface area contributed by atoms with E-state index < -0.39 is 8.32 Å². The van der Waals surface area contributed by atoms with E-state index >= 15 is 0 Å². The van der Waals surface area contributed by atoms with Gasteiger partial charge >= 0.3 is 0 Å². The fourth-order valence-corrected chi connectivity index (χ4v) is 3.05. The van der Waals surface area contributed by atoms with Crippen LogP contribution in [0.2, 0.25) is 18.1 Å². The van der Waals surface area contributed by atoms with Gasteiger partial charge < -0.3 is 9.22 Å². The van der Waals surface area contributed by atoms with Crippen molar-refractivity contribution in [2.45, 2.75) is 72.2 Å². The van der Waals surface area contributed by atoms with E-state index in [0.29, 0.717) is 5.92 Å². The van der Waals surface area contributed by atoms with Gasteiger partial charge in [0.15, 0.2) is 8.32 Å². The smallest absolute Gasteiger partial charge is 0.192 e. The Balaban J connectivity index is 4.93. The standard InChI is InChI=1S/C14H30O2Si/c1-9-11(2)13(12(3)10-15)16-17(7,8)14(4,5)6/h10-13H,9H2,1-8H3/t11-,12+,13-/m0/s1. The van der Waals surface area contributed by atoms with Crippen LogP contribution in [0.4, 0.5) is 0 Å². The molecule has 0 rings (SSSR count). The highest BCUT2D eigenvalue weighted by Gasteiger charge is 2.41. The minimum atomic E-state index is -1.78. The van der Waals surface area contributed by atoms with Gasteiger partial charge in [0.05, 0.1) is 6.10 Å². The monoisotopic (exact) mass is 258 g/mol. The summed E-state index contributed by atoms with van der Waals surface area (Å²) in [6.07, 6.45) is 2.15. The van der Waals surface area contributed by atoms with Crippen LogP contribution in [0.3, 0.4) is 0 Å². The van der Waals surface area contributed by atoms with Crippen LogP contribution in [0.15, 0.2) is 0 Å². The van der Waals surface area contributed by atoms with Gasteiger partial charge in [0.2, 0.25) is 0 Å². The maximum atomic E-state index is 11.0. The molecule has 17 heavy (non-hydrogen) atoms. The molecule has 0 aromatic carbocycles. The lowest BCUT2D eigenvalue weighted by atomic mass is 9.93. The Bertz CT molecular complexity index is 243. The Morgan fingerprint density at radius 1 is 1.24 bits per heavy atom. The zero-order valence-corrected chi connectivity index (χ0v) is 13.8. The third-order valence-corrected chi connectivity index (χ3v) is 8.65. The van der Waals surface area contributed by atoms with Gasteiger partial charge in [-0.15, -0.1) is 0 Å². The molecule has 0 aliphatic rings. The van der Waals surface area contributed by atoms with Crippen molar-refractivity contribution in [3.63, 3.8) is 0 Å². The van der Waals surface area contributed by atoms with Crippen LogP contribution < -0.4 is 0 Å². The minimum absolute atomic E-state index is 0.0147. The Hall–Kier alpha value is -0.153. The summed E-state index contributed by atoms with van der Waals surface area (Å²) < 4.78 is 6.42. The molecule has 0 bridgehead atoms. The van der Waals surface area contributed by atoms with Gasteiger partial charge in [-0.2, -0.15) is 0 Å². The molecule has 0 saturated heterocycles. The number of hydrogen-bond acceptors (Lipinski definition) is 2. The van der Waals surface area contributed by atoms with E-state index in [-0.39, 0.29) is 17.1 Å². The second-order valence-electron chi connectivity index (χ2n) is 6.72. The SMILES string of the molecule is CC[C@H](C)[C@H](O[Si](C)(C)C(C)(C)C)[C@H](C)C=O. The van der Waals surface area contributed by atoms with Crippen molar-refractivity contribution in [1.82, 2.24) is 0 Å². The molecule has 0 heterocycles. The average Bonchev–Trinajstić information content (AvgIpc) is 2.22. The lowest BCUT2D eigenvalue weighted by Gasteiger charge is -2.42. The Labute approximate surface area is 108 Å². The topological polar surface area (TPSA) is 26.3 Å². The molecule has 0 aromatic rings. The summed E-state index contributed by atoms with van der Waals surface area (Å²) in [5, 5.41) is 0.196. The molecule has 0 aliphatic heterocycles. The second kappa shape index (κ2) is 6.14. The quantitative estimate of drug-likeness (QED) is 0.525. The summed E-state index contributed by atoms with van der Waals surface area (Å²) in [5.41, 5.74) is 0. The van der Waals surface area contributed by atoms with Gasteiger partial charge in [0.25, 0.3) is 0 Å². The molecule has 0 saturated carbocycles. The van der Waals surface area contributed by atoms with E-state index in [1.165, 1.54) is 0 Å². The van der Waals surface area contributed by atoms with Crippen LogP contribution in [-0.2, 0) is 9.22 Å². The van der Waals surface area contributed by atoms with Gasteiger partial charge in [-0.1, -0.05) is 48.0 Å². The van der Waals surface area contributed by atoms with Gasteiger partial charge in [0, 0.05) is 5.92 Å². The van der Waals surface area contributed by atoms with Crippen LogP contribution in [0.5, 0.6) is 0 Å². The van der Waals surface area contributed by atoms with Crippen LogP contribution in [-0.4, -0.2) is 20.7 Å². The fraction of sp³-hybridized carbons (Fsp3) is 0.929. The zero-order chi connectivity index (χ0) is 13.9. The molecule has 2 nitrogen and oxygen atoms in total. The van der Waals surface area contributed by atoms with E-state index in [1.807, 2.05) is 6.92 Å². The third kappa shape index (κ3) is 4.55. The first-order chi connectivity index (χ1) is 7.56. The summed E-state index contributed by atoms with van der Waals surface area (Å²) in [6.45, 7) is 17.5. The van der Waals surface area contributed by atoms with E-state index in [9.17, 15) is 4.79 Å². The summed E-state index contributed by atoms with van der Waals surface area (Å²) in [7, 11) is -1.78. The molecular formula is C14H30O2Si. The Morgan fingerprint density at radius 2 is 1.71 bits per heavy atom. The first-order valence-corrected chi connectivity index (χ1v) is 9.60. The third-order valence-electron chi connectivity index (χ3n) is 4.17. The predicted octanol–water partition coefficient (Wildman–Crippen LogP) is 4.26. The number of rotatable bonds is 6. The molecule has 0 aromatic heterocycles. The normalized spacial score (nSPS) is 18.6. The highest BCUT2D eigenvalue weighted by atomic mass is 28.4. The van der Waals surface area contributed by atoms with Crippen molar-refractivity contribution in [2.24, 2.45) is 11.8 Å². The summed E-state index contributed by atoms with van der Waals surface area (Å²) in [5.74, 6) is 0.420. The van der Waals surface area contributed by atoms with Gasteiger partial charge in [-0.25, -0.2) is 0 Å². The summed E-state index contributed by atoms with van der Waals surface area (Å²) >= 11 is 0. The molecular weight excluding hydrogens is 228 g/mol. The maximum absolute atomic E-state index is 11.0. The van der Waals surface area contributed by atoms with Crippen molar-refractivity contribution >= 4 is 14.6 Å². The minimum Gasteiger partial charge on any atom is -0.413 e. The lowest BCUT2D eigenvalue weighted by Crippen LogP contribution is -2.47. The van der Waals surface area contributed by atoms with Crippen LogP contribution >= 0.6 is 0 Å². The van der Waals surface area contributed by atoms with Crippen LogP contribution in [0.25, 0.3) is 0 Å². The van der Waals surface area contributed by atoms with Crippen molar-refractivity contribution in [2.75, 3.05) is 0 Å². The molecule has 0 spiro atoms. The highest BCUT2D eigenvalue weighted by Crippen LogP contribution is 2.39. The van der Waals surface area contributed by atoms with E-state index in [2.05, 4.69) is 47.7 Å². The van der Waals surface area contributed by atoms with Crippen molar-refractivity contribution in [3.05, 3.63) is 0 Å². The van der Waals surface area contributed by atoms with Crippen LogP contribution in [0, 0.1) is 11.8 Å². The van der Waals surface area contributed by atoms with Gasteiger partial charge in [-0.3, -0.25) is 0 Å². The van der Waals surface area contributed by atoms with Crippen molar-refractivity contribution in [3.8, 4) is 0 Å². The Kier molecular flexibility index (Phi) is 6.09. The van der Waals surface area contributed by atoms with Gasteiger partial charge in [-0.05, 0) is 24.1 Å². The highest BCUT2D eigenvalue weighted by molar-refractivity contribution is 6.74. The second-order valence-corrected chi connectivity index (χ2v) is 11.5. The predicted molar refractivity (Wildman–Crippen MR) is 76.8 cm³/mol. The van der Waals surface area contributed by atoms with E-state index in [1.54, 1.807) is 0 Å². The first kappa shape index (κ1) is 16.8. The fourth-order valence-electron chi connectivity index (χ4n) is 1.57. The molecule has 3 heteroatoms. The lowest BCUT2D eigenvalue weighted by molar-refractivity contribution is -0.114.